The predicted octanol–water partition coefficient (Wildman–Crippen LogP) is 5.50. The van der Waals surface area contributed by atoms with Gasteiger partial charge in [-0.2, -0.15) is 0 Å². The van der Waals surface area contributed by atoms with Crippen molar-refractivity contribution in [2.75, 3.05) is 4.31 Å². The maximum atomic E-state index is 13.7. The summed E-state index contributed by atoms with van der Waals surface area (Å²) in [7, 11) is -3.79. The molecular formula is C23H23NO3S. The Balaban J connectivity index is 1.94. The standard InChI is InChI=1S/C23H23NO3S/c1-2-3-11-22-20-9-5-4-8-19(20)21-10-6-7-12-23(21)24(22)28(26,27)18-15-13-17(25)14-16-18/h4-10,12-16,22,25H,2-3,11H2,1H3. The number of phenols is 1. The number of rotatable bonds is 5. The maximum Gasteiger partial charge on any atom is 0.264 e. The molecule has 1 unspecified atom stereocenters. The minimum absolute atomic E-state index is 0.0471. The molecule has 0 aromatic heterocycles. The van der Waals surface area contributed by atoms with Gasteiger partial charge in [-0.05, 0) is 47.9 Å². The van der Waals surface area contributed by atoms with Crippen molar-refractivity contribution in [2.24, 2.45) is 0 Å². The monoisotopic (exact) mass is 393 g/mol. The lowest BCUT2D eigenvalue weighted by atomic mass is 9.87. The SMILES string of the molecule is CCCCC1c2ccccc2-c2ccccc2N1S(=O)(=O)c1ccc(O)cc1. The molecule has 0 fully saturated rings. The first-order chi connectivity index (χ1) is 13.5. The van der Waals surface area contributed by atoms with Gasteiger partial charge in [-0.1, -0.05) is 62.2 Å². The van der Waals surface area contributed by atoms with Crippen molar-refractivity contribution in [1.82, 2.24) is 0 Å². The number of benzene rings is 3. The quantitative estimate of drug-likeness (QED) is 0.623. The van der Waals surface area contributed by atoms with Gasteiger partial charge in [0, 0.05) is 5.56 Å². The molecule has 1 N–H and O–H groups in total. The van der Waals surface area contributed by atoms with Crippen LogP contribution in [0.3, 0.4) is 0 Å². The molecule has 0 radical (unpaired) electrons. The Morgan fingerprint density at radius 2 is 1.54 bits per heavy atom. The highest BCUT2D eigenvalue weighted by molar-refractivity contribution is 7.92. The third-order valence-corrected chi connectivity index (χ3v) is 7.10. The molecule has 4 rings (SSSR count). The fraction of sp³-hybridized carbons (Fsp3) is 0.217. The van der Waals surface area contributed by atoms with Gasteiger partial charge in [0.2, 0.25) is 0 Å². The number of aromatic hydroxyl groups is 1. The van der Waals surface area contributed by atoms with Crippen molar-refractivity contribution < 1.29 is 13.5 Å². The first-order valence-corrected chi connectivity index (χ1v) is 11.0. The summed E-state index contributed by atoms with van der Waals surface area (Å²) in [4.78, 5) is 0.181. The molecule has 0 amide bonds. The Bertz CT molecular complexity index is 1090. The van der Waals surface area contributed by atoms with Crippen LogP contribution in [0.4, 0.5) is 5.69 Å². The summed E-state index contributed by atoms with van der Waals surface area (Å²) < 4.78 is 29.0. The van der Waals surface area contributed by atoms with Gasteiger partial charge >= 0.3 is 0 Å². The molecule has 5 heteroatoms. The summed E-state index contributed by atoms with van der Waals surface area (Å²) in [5, 5.41) is 9.58. The number of unbranched alkanes of at least 4 members (excludes halogenated alkanes) is 1. The molecule has 1 atom stereocenters. The molecule has 3 aromatic rings. The van der Waals surface area contributed by atoms with E-state index >= 15 is 0 Å². The molecule has 0 spiro atoms. The van der Waals surface area contributed by atoms with Gasteiger partial charge in [0.15, 0.2) is 0 Å². The second-order valence-corrected chi connectivity index (χ2v) is 8.87. The van der Waals surface area contributed by atoms with Crippen LogP contribution < -0.4 is 4.31 Å². The second-order valence-electron chi connectivity index (χ2n) is 7.06. The van der Waals surface area contributed by atoms with Gasteiger partial charge in [0.25, 0.3) is 10.0 Å². The number of fused-ring (bicyclic) bond motifs is 3. The predicted molar refractivity (Wildman–Crippen MR) is 112 cm³/mol. The Kier molecular flexibility index (Phi) is 4.85. The van der Waals surface area contributed by atoms with Crippen LogP contribution in [-0.4, -0.2) is 13.5 Å². The van der Waals surface area contributed by atoms with Gasteiger partial charge in [0.05, 0.1) is 16.6 Å². The summed E-state index contributed by atoms with van der Waals surface area (Å²) in [5.41, 5.74) is 3.76. The van der Waals surface area contributed by atoms with Crippen molar-refractivity contribution in [3.8, 4) is 16.9 Å². The van der Waals surface area contributed by atoms with Crippen molar-refractivity contribution in [2.45, 2.75) is 37.1 Å². The summed E-state index contributed by atoms with van der Waals surface area (Å²) in [6.07, 6.45) is 2.68. The number of phenolic OH excluding ortho intramolecular Hbond substituents is 1. The van der Waals surface area contributed by atoms with E-state index in [1.54, 1.807) is 4.31 Å². The fourth-order valence-corrected chi connectivity index (χ4v) is 5.60. The van der Waals surface area contributed by atoms with E-state index in [0.29, 0.717) is 5.69 Å². The average Bonchev–Trinajstić information content (AvgIpc) is 2.72. The van der Waals surface area contributed by atoms with Crippen LogP contribution in [0.15, 0.2) is 77.7 Å². The smallest absolute Gasteiger partial charge is 0.264 e. The van der Waals surface area contributed by atoms with E-state index in [0.717, 1.165) is 36.0 Å². The van der Waals surface area contributed by atoms with Crippen LogP contribution >= 0.6 is 0 Å². The van der Waals surface area contributed by atoms with E-state index in [2.05, 4.69) is 13.0 Å². The molecule has 1 heterocycles. The molecule has 0 bridgehead atoms. The van der Waals surface area contributed by atoms with Crippen molar-refractivity contribution in [3.63, 3.8) is 0 Å². The van der Waals surface area contributed by atoms with Crippen LogP contribution in [0.1, 0.15) is 37.8 Å². The summed E-state index contributed by atoms with van der Waals surface area (Å²) >= 11 is 0. The zero-order valence-corrected chi connectivity index (χ0v) is 16.6. The number of sulfonamides is 1. The van der Waals surface area contributed by atoms with Crippen molar-refractivity contribution >= 4 is 15.7 Å². The van der Waals surface area contributed by atoms with E-state index in [4.69, 9.17) is 0 Å². The Morgan fingerprint density at radius 3 is 2.25 bits per heavy atom. The van der Waals surface area contributed by atoms with Crippen LogP contribution in [0.5, 0.6) is 5.75 Å². The molecule has 1 aliphatic heterocycles. The number of anilines is 1. The normalized spacial score (nSPS) is 15.8. The third kappa shape index (κ3) is 3.06. The topological polar surface area (TPSA) is 57.6 Å². The molecule has 1 aliphatic rings. The van der Waals surface area contributed by atoms with E-state index in [1.165, 1.54) is 24.3 Å². The maximum absolute atomic E-state index is 13.7. The largest absolute Gasteiger partial charge is 0.508 e. The minimum atomic E-state index is -3.79. The van der Waals surface area contributed by atoms with Crippen LogP contribution in [-0.2, 0) is 10.0 Å². The van der Waals surface area contributed by atoms with Gasteiger partial charge < -0.3 is 5.11 Å². The highest BCUT2D eigenvalue weighted by atomic mass is 32.2. The number of para-hydroxylation sites is 1. The van der Waals surface area contributed by atoms with Gasteiger partial charge in [-0.3, -0.25) is 4.31 Å². The van der Waals surface area contributed by atoms with Crippen molar-refractivity contribution in [3.05, 3.63) is 78.4 Å². The fourth-order valence-electron chi connectivity index (χ4n) is 3.92. The highest BCUT2D eigenvalue weighted by Gasteiger charge is 2.38. The van der Waals surface area contributed by atoms with Crippen LogP contribution in [0, 0.1) is 0 Å². The highest BCUT2D eigenvalue weighted by Crippen LogP contribution is 2.48. The summed E-state index contributed by atoms with van der Waals surface area (Å²) in [6, 6.07) is 21.2. The number of hydrogen-bond donors (Lipinski definition) is 1. The van der Waals surface area contributed by atoms with Gasteiger partial charge in [-0.15, -0.1) is 0 Å². The van der Waals surface area contributed by atoms with E-state index in [9.17, 15) is 13.5 Å². The molecule has 0 saturated heterocycles. The molecule has 0 saturated carbocycles. The lowest BCUT2D eigenvalue weighted by Gasteiger charge is -2.39. The zero-order valence-electron chi connectivity index (χ0n) is 15.7. The van der Waals surface area contributed by atoms with E-state index < -0.39 is 10.0 Å². The number of hydrogen-bond acceptors (Lipinski definition) is 3. The van der Waals surface area contributed by atoms with Crippen LogP contribution in [0.2, 0.25) is 0 Å². The Hall–Kier alpha value is -2.79. The molecule has 4 nitrogen and oxygen atoms in total. The van der Waals surface area contributed by atoms with Gasteiger partial charge in [-0.25, -0.2) is 8.42 Å². The Morgan fingerprint density at radius 1 is 0.893 bits per heavy atom. The first kappa shape index (κ1) is 18.6. The minimum Gasteiger partial charge on any atom is -0.508 e. The second kappa shape index (κ2) is 7.32. The lowest BCUT2D eigenvalue weighted by molar-refractivity contribution is 0.474. The van der Waals surface area contributed by atoms with E-state index in [1.807, 2.05) is 42.5 Å². The molecule has 144 valence electrons. The van der Waals surface area contributed by atoms with Gasteiger partial charge in [0.1, 0.15) is 5.75 Å². The molecular weight excluding hydrogens is 370 g/mol. The van der Waals surface area contributed by atoms with E-state index in [-0.39, 0.29) is 16.7 Å². The average molecular weight is 394 g/mol. The Labute approximate surface area is 166 Å². The molecule has 28 heavy (non-hydrogen) atoms. The summed E-state index contributed by atoms with van der Waals surface area (Å²) in [6.45, 7) is 2.11. The first-order valence-electron chi connectivity index (χ1n) is 9.56. The zero-order chi connectivity index (χ0) is 19.7. The number of nitrogens with zero attached hydrogens (tertiary/aromatic N) is 1. The summed E-state index contributed by atoms with van der Waals surface area (Å²) in [5.74, 6) is 0.0471. The van der Waals surface area contributed by atoms with Crippen LogP contribution in [0.25, 0.3) is 11.1 Å². The third-order valence-electron chi connectivity index (χ3n) is 5.26. The molecule has 3 aromatic carbocycles. The lowest BCUT2D eigenvalue weighted by Crippen LogP contribution is -2.37. The van der Waals surface area contributed by atoms with Crippen molar-refractivity contribution in [1.29, 1.82) is 0 Å². The molecule has 0 aliphatic carbocycles.